The molecule has 1 fully saturated rings. The topological polar surface area (TPSA) is 82.6 Å². The van der Waals surface area contributed by atoms with Crippen LogP contribution in [0.15, 0.2) is 35.3 Å². The van der Waals surface area contributed by atoms with Crippen LogP contribution in [0.3, 0.4) is 0 Å². The number of hydrogen-bond donors (Lipinski definition) is 3. The third-order valence-corrected chi connectivity index (χ3v) is 5.31. The van der Waals surface area contributed by atoms with Crippen LogP contribution in [0, 0.1) is 0 Å². The fourth-order valence-corrected chi connectivity index (χ4v) is 4.05. The Morgan fingerprint density at radius 2 is 2.05 bits per heavy atom. The van der Waals surface area contributed by atoms with Crippen LogP contribution in [-0.4, -0.2) is 52.1 Å². The first-order valence-electron chi connectivity index (χ1n) is 7.55. The number of hydrogen-bond acceptors (Lipinski definition) is 4. The fraction of sp³-hybridized carbons (Fsp3) is 0.533. The minimum absolute atomic E-state index is 0.0290. The summed E-state index contributed by atoms with van der Waals surface area (Å²) >= 11 is 0. The number of anilines is 1. The molecule has 6 nitrogen and oxygen atoms in total. The molecule has 1 aliphatic rings. The highest BCUT2D eigenvalue weighted by atomic mass is 32.2. The van der Waals surface area contributed by atoms with Crippen molar-refractivity contribution >= 4 is 21.5 Å². The monoisotopic (exact) mass is 324 g/mol. The van der Waals surface area contributed by atoms with Gasteiger partial charge in [0, 0.05) is 31.9 Å². The Morgan fingerprint density at radius 3 is 2.68 bits per heavy atom. The predicted octanol–water partition coefficient (Wildman–Crippen LogP) is 0.841. The molecule has 1 aromatic rings. The molecule has 0 amide bonds. The molecule has 0 aromatic heterocycles. The van der Waals surface area contributed by atoms with E-state index >= 15 is 0 Å². The Balaban J connectivity index is 1.63. The lowest BCUT2D eigenvalue weighted by Gasteiger charge is -2.16. The molecule has 1 aromatic carbocycles. The van der Waals surface area contributed by atoms with E-state index in [1.807, 2.05) is 30.3 Å². The zero-order valence-electron chi connectivity index (χ0n) is 12.9. The predicted molar refractivity (Wildman–Crippen MR) is 91.1 cm³/mol. The number of para-hydroxylation sites is 1. The van der Waals surface area contributed by atoms with Crippen LogP contribution in [-0.2, 0) is 9.84 Å². The minimum Gasteiger partial charge on any atom is -0.385 e. The zero-order chi connectivity index (χ0) is 15.8. The first kappa shape index (κ1) is 16.6. The summed E-state index contributed by atoms with van der Waals surface area (Å²) in [4.78, 5) is 4.13. The van der Waals surface area contributed by atoms with E-state index in [2.05, 4.69) is 20.9 Å². The summed E-state index contributed by atoms with van der Waals surface area (Å²) in [5, 5.41) is 9.72. The molecule has 0 spiro atoms. The average Bonchev–Trinajstić information content (AvgIpc) is 2.85. The summed E-state index contributed by atoms with van der Waals surface area (Å²) in [6, 6.07) is 10.0. The number of aliphatic imine (C=N–C) groups is 1. The summed E-state index contributed by atoms with van der Waals surface area (Å²) in [5.74, 6) is 1.13. The molecule has 2 rings (SSSR count). The zero-order valence-corrected chi connectivity index (χ0v) is 13.7. The van der Waals surface area contributed by atoms with E-state index in [-0.39, 0.29) is 17.5 Å². The largest absolute Gasteiger partial charge is 0.385 e. The number of sulfone groups is 1. The molecule has 0 bridgehead atoms. The smallest absolute Gasteiger partial charge is 0.191 e. The van der Waals surface area contributed by atoms with E-state index in [1.54, 1.807) is 7.05 Å². The molecular weight excluding hydrogens is 300 g/mol. The van der Waals surface area contributed by atoms with Crippen molar-refractivity contribution in [1.82, 2.24) is 10.6 Å². The number of nitrogens with zero attached hydrogens (tertiary/aromatic N) is 1. The van der Waals surface area contributed by atoms with Gasteiger partial charge in [-0.2, -0.15) is 0 Å². The third-order valence-electron chi connectivity index (χ3n) is 3.55. The molecule has 0 radical (unpaired) electrons. The number of nitrogens with one attached hydrogen (secondary N) is 3. The molecule has 0 aliphatic carbocycles. The second-order valence-electron chi connectivity index (χ2n) is 5.39. The number of guanidine groups is 1. The van der Waals surface area contributed by atoms with Crippen LogP contribution in [0.25, 0.3) is 0 Å². The van der Waals surface area contributed by atoms with Gasteiger partial charge in [-0.05, 0) is 25.0 Å². The maximum Gasteiger partial charge on any atom is 0.191 e. The van der Waals surface area contributed by atoms with Crippen LogP contribution in [0.5, 0.6) is 0 Å². The number of rotatable bonds is 6. The highest BCUT2D eigenvalue weighted by Gasteiger charge is 2.28. The van der Waals surface area contributed by atoms with Crippen molar-refractivity contribution in [2.75, 3.05) is 37.0 Å². The molecular formula is C15H24N4O2S. The minimum atomic E-state index is -2.86. The van der Waals surface area contributed by atoms with Crippen LogP contribution in [0.1, 0.15) is 12.8 Å². The maximum atomic E-state index is 11.4. The first-order chi connectivity index (χ1) is 10.6. The van der Waals surface area contributed by atoms with Crippen LogP contribution in [0.2, 0.25) is 0 Å². The Morgan fingerprint density at radius 1 is 1.27 bits per heavy atom. The molecule has 3 N–H and O–H groups in total. The fourth-order valence-electron chi connectivity index (χ4n) is 2.38. The van der Waals surface area contributed by atoms with Crippen molar-refractivity contribution in [1.29, 1.82) is 0 Å². The van der Waals surface area contributed by atoms with Gasteiger partial charge in [-0.1, -0.05) is 18.2 Å². The van der Waals surface area contributed by atoms with Crippen molar-refractivity contribution in [2.45, 2.75) is 18.9 Å². The SMILES string of the molecule is CN=C(NCCCNc1ccccc1)NC1CCS(=O)(=O)C1. The van der Waals surface area contributed by atoms with Gasteiger partial charge in [0.15, 0.2) is 15.8 Å². The summed E-state index contributed by atoms with van der Waals surface area (Å²) in [6.45, 7) is 1.64. The summed E-state index contributed by atoms with van der Waals surface area (Å²) in [5.41, 5.74) is 1.11. The Labute approximate surface area is 132 Å². The van der Waals surface area contributed by atoms with Crippen molar-refractivity contribution in [2.24, 2.45) is 4.99 Å². The van der Waals surface area contributed by atoms with E-state index in [0.29, 0.717) is 12.4 Å². The second kappa shape index (κ2) is 8.03. The van der Waals surface area contributed by atoms with Gasteiger partial charge in [0.2, 0.25) is 0 Å². The highest BCUT2D eigenvalue weighted by molar-refractivity contribution is 7.91. The van der Waals surface area contributed by atoms with Gasteiger partial charge in [-0.15, -0.1) is 0 Å². The van der Waals surface area contributed by atoms with E-state index in [1.165, 1.54) is 0 Å². The Bertz CT molecular complexity index is 587. The van der Waals surface area contributed by atoms with Crippen molar-refractivity contribution in [3.05, 3.63) is 30.3 Å². The van der Waals surface area contributed by atoms with E-state index in [0.717, 1.165) is 25.2 Å². The highest BCUT2D eigenvalue weighted by Crippen LogP contribution is 2.10. The normalized spacial score (nSPS) is 20.6. The van der Waals surface area contributed by atoms with Crippen molar-refractivity contribution < 1.29 is 8.42 Å². The quantitative estimate of drug-likeness (QED) is 0.410. The van der Waals surface area contributed by atoms with Crippen LogP contribution < -0.4 is 16.0 Å². The van der Waals surface area contributed by atoms with Gasteiger partial charge < -0.3 is 16.0 Å². The van der Waals surface area contributed by atoms with Crippen molar-refractivity contribution in [3.8, 4) is 0 Å². The van der Waals surface area contributed by atoms with Crippen LogP contribution >= 0.6 is 0 Å². The average molecular weight is 324 g/mol. The molecule has 122 valence electrons. The molecule has 1 heterocycles. The van der Waals surface area contributed by atoms with Gasteiger partial charge in [-0.25, -0.2) is 8.42 Å². The Hall–Kier alpha value is -1.76. The molecule has 1 saturated heterocycles. The lowest BCUT2D eigenvalue weighted by Crippen LogP contribution is -2.44. The van der Waals surface area contributed by atoms with Gasteiger partial charge in [0.05, 0.1) is 11.5 Å². The van der Waals surface area contributed by atoms with E-state index in [9.17, 15) is 8.42 Å². The van der Waals surface area contributed by atoms with Crippen LogP contribution in [0.4, 0.5) is 5.69 Å². The summed E-state index contributed by atoms with van der Waals surface area (Å²) < 4.78 is 22.9. The standard InChI is InChI=1S/C15H24N4O2S/c1-16-15(19-14-8-11-22(20,21)12-14)18-10-5-9-17-13-6-3-2-4-7-13/h2-4,6-7,14,17H,5,8-12H2,1H3,(H2,16,18,19). The molecule has 1 unspecified atom stereocenters. The maximum absolute atomic E-state index is 11.4. The van der Waals surface area contributed by atoms with Gasteiger partial charge in [0.1, 0.15) is 0 Å². The first-order valence-corrected chi connectivity index (χ1v) is 9.38. The second-order valence-corrected chi connectivity index (χ2v) is 7.62. The third kappa shape index (κ3) is 5.55. The van der Waals surface area contributed by atoms with Gasteiger partial charge >= 0.3 is 0 Å². The molecule has 1 atom stereocenters. The van der Waals surface area contributed by atoms with Crippen molar-refractivity contribution in [3.63, 3.8) is 0 Å². The number of benzene rings is 1. The molecule has 7 heteroatoms. The lowest BCUT2D eigenvalue weighted by atomic mass is 10.3. The molecule has 0 saturated carbocycles. The molecule has 1 aliphatic heterocycles. The lowest BCUT2D eigenvalue weighted by molar-refractivity contribution is 0.599. The summed E-state index contributed by atoms with van der Waals surface area (Å²) in [6.07, 6.45) is 1.59. The van der Waals surface area contributed by atoms with E-state index < -0.39 is 9.84 Å². The Kier molecular flexibility index (Phi) is 6.06. The van der Waals surface area contributed by atoms with Gasteiger partial charge in [-0.3, -0.25) is 4.99 Å². The summed E-state index contributed by atoms with van der Waals surface area (Å²) in [7, 11) is -1.17. The van der Waals surface area contributed by atoms with Gasteiger partial charge in [0.25, 0.3) is 0 Å². The van der Waals surface area contributed by atoms with E-state index in [4.69, 9.17) is 0 Å². The molecule has 22 heavy (non-hydrogen) atoms.